The Balaban J connectivity index is 2.11. The maximum atomic E-state index is 11.8. The van der Waals surface area contributed by atoms with Crippen molar-refractivity contribution in [1.29, 1.82) is 0 Å². The molecule has 1 aromatic heterocycles. The number of carbonyl (C=O) groups excluding carboxylic acids is 2. The summed E-state index contributed by atoms with van der Waals surface area (Å²) in [5.41, 5.74) is 2.16. The van der Waals surface area contributed by atoms with Crippen molar-refractivity contribution >= 4 is 22.7 Å². The highest BCUT2D eigenvalue weighted by Crippen LogP contribution is 2.17. The van der Waals surface area contributed by atoms with E-state index in [1.807, 2.05) is 42.0 Å². The van der Waals surface area contributed by atoms with Crippen molar-refractivity contribution in [3.63, 3.8) is 0 Å². The SMILES string of the molecule is CCOC(=O)CC(=O)Cn1ccc2ccc(C)cc21. The second kappa shape index (κ2) is 5.69. The number of benzene rings is 1. The molecular weight excluding hydrogens is 242 g/mol. The molecule has 0 N–H and O–H groups in total. The summed E-state index contributed by atoms with van der Waals surface area (Å²) in [7, 11) is 0. The summed E-state index contributed by atoms with van der Waals surface area (Å²) < 4.78 is 6.63. The van der Waals surface area contributed by atoms with E-state index < -0.39 is 5.97 Å². The van der Waals surface area contributed by atoms with E-state index in [9.17, 15) is 9.59 Å². The molecule has 4 heteroatoms. The second-order valence-corrected chi connectivity index (χ2v) is 4.53. The molecule has 0 amide bonds. The van der Waals surface area contributed by atoms with E-state index in [1.165, 1.54) is 0 Å². The number of aromatic nitrogens is 1. The van der Waals surface area contributed by atoms with Crippen molar-refractivity contribution in [1.82, 2.24) is 4.57 Å². The van der Waals surface area contributed by atoms with Crippen LogP contribution in [-0.4, -0.2) is 22.9 Å². The molecular formula is C15H17NO3. The quantitative estimate of drug-likeness (QED) is 0.612. The number of carbonyl (C=O) groups is 2. The van der Waals surface area contributed by atoms with Gasteiger partial charge < -0.3 is 9.30 Å². The van der Waals surface area contributed by atoms with Crippen LogP contribution in [0.25, 0.3) is 10.9 Å². The highest BCUT2D eigenvalue weighted by atomic mass is 16.5. The van der Waals surface area contributed by atoms with Crippen molar-refractivity contribution in [3.05, 3.63) is 36.0 Å². The van der Waals surface area contributed by atoms with Crippen molar-refractivity contribution < 1.29 is 14.3 Å². The van der Waals surface area contributed by atoms with Crippen molar-refractivity contribution in [3.8, 4) is 0 Å². The average Bonchev–Trinajstić information content (AvgIpc) is 2.72. The van der Waals surface area contributed by atoms with Gasteiger partial charge in [0.25, 0.3) is 0 Å². The second-order valence-electron chi connectivity index (χ2n) is 4.53. The van der Waals surface area contributed by atoms with Gasteiger partial charge in [-0.2, -0.15) is 0 Å². The third-order valence-electron chi connectivity index (χ3n) is 2.92. The number of esters is 1. The van der Waals surface area contributed by atoms with Crippen LogP contribution in [-0.2, 0) is 20.9 Å². The number of nitrogens with zero attached hydrogens (tertiary/aromatic N) is 1. The zero-order chi connectivity index (χ0) is 13.8. The molecule has 1 aromatic carbocycles. The Kier molecular flexibility index (Phi) is 4.00. The molecule has 0 unspecified atom stereocenters. The predicted molar refractivity (Wildman–Crippen MR) is 72.9 cm³/mol. The van der Waals surface area contributed by atoms with Crippen LogP contribution in [0.15, 0.2) is 30.5 Å². The molecule has 0 radical (unpaired) electrons. The third kappa shape index (κ3) is 3.22. The largest absolute Gasteiger partial charge is 0.466 e. The summed E-state index contributed by atoms with van der Waals surface area (Å²) in [6, 6.07) is 8.06. The first-order valence-electron chi connectivity index (χ1n) is 6.33. The molecule has 0 aliphatic rings. The Labute approximate surface area is 112 Å². The van der Waals surface area contributed by atoms with E-state index in [1.54, 1.807) is 6.92 Å². The van der Waals surface area contributed by atoms with E-state index in [0.717, 1.165) is 16.5 Å². The standard InChI is InChI=1S/C15H17NO3/c1-3-19-15(18)9-13(17)10-16-7-6-12-5-4-11(2)8-14(12)16/h4-8H,3,9-10H2,1-2H3. The summed E-state index contributed by atoms with van der Waals surface area (Å²) in [5, 5.41) is 1.09. The van der Waals surface area contributed by atoms with Crippen molar-refractivity contribution in [2.75, 3.05) is 6.61 Å². The van der Waals surface area contributed by atoms with E-state index in [2.05, 4.69) is 0 Å². The Hall–Kier alpha value is -2.10. The molecule has 4 nitrogen and oxygen atoms in total. The van der Waals surface area contributed by atoms with E-state index in [4.69, 9.17) is 4.74 Å². The van der Waals surface area contributed by atoms with Crippen LogP contribution in [0, 0.1) is 6.92 Å². The van der Waals surface area contributed by atoms with Crippen LogP contribution in [0.1, 0.15) is 18.9 Å². The van der Waals surface area contributed by atoms with Gasteiger partial charge in [-0.1, -0.05) is 12.1 Å². The maximum Gasteiger partial charge on any atom is 0.313 e. The Bertz CT molecular complexity index is 613. The minimum Gasteiger partial charge on any atom is -0.466 e. The van der Waals surface area contributed by atoms with Crippen LogP contribution in [0.5, 0.6) is 0 Å². The zero-order valence-electron chi connectivity index (χ0n) is 11.2. The number of hydrogen-bond donors (Lipinski definition) is 0. The van der Waals surface area contributed by atoms with Gasteiger partial charge in [0.15, 0.2) is 5.78 Å². The fourth-order valence-corrected chi connectivity index (χ4v) is 2.05. The minimum absolute atomic E-state index is 0.141. The highest BCUT2D eigenvalue weighted by molar-refractivity contribution is 5.96. The lowest BCUT2D eigenvalue weighted by Crippen LogP contribution is -2.15. The summed E-state index contributed by atoms with van der Waals surface area (Å²) in [4.78, 5) is 23.0. The van der Waals surface area contributed by atoms with Gasteiger partial charge in [0.1, 0.15) is 6.42 Å². The normalized spacial score (nSPS) is 10.6. The fraction of sp³-hybridized carbons (Fsp3) is 0.333. The minimum atomic E-state index is -0.458. The lowest BCUT2D eigenvalue weighted by Gasteiger charge is -2.05. The molecule has 0 aliphatic heterocycles. The zero-order valence-corrected chi connectivity index (χ0v) is 11.2. The molecule has 0 fully saturated rings. The molecule has 2 aromatic rings. The molecule has 0 saturated heterocycles. The number of fused-ring (bicyclic) bond motifs is 1. The summed E-state index contributed by atoms with van der Waals surface area (Å²) in [6.07, 6.45) is 1.70. The van der Waals surface area contributed by atoms with Crippen LogP contribution >= 0.6 is 0 Å². The van der Waals surface area contributed by atoms with Crippen LogP contribution in [0.4, 0.5) is 0 Å². The van der Waals surface area contributed by atoms with E-state index in [-0.39, 0.29) is 18.7 Å². The topological polar surface area (TPSA) is 48.3 Å². The lowest BCUT2D eigenvalue weighted by molar-refractivity contribution is -0.145. The highest BCUT2D eigenvalue weighted by Gasteiger charge is 2.12. The summed E-state index contributed by atoms with van der Waals surface area (Å²) in [5.74, 6) is -0.599. The molecule has 2 rings (SSSR count). The van der Waals surface area contributed by atoms with Crippen molar-refractivity contribution in [2.24, 2.45) is 0 Å². The van der Waals surface area contributed by atoms with E-state index >= 15 is 0 Å². The van der Waals surface area contributed by atoms with Crippen LogP contribution in [0.3, 0.4) is 0 Å². The van der Waals surface area contributed by atoms with Gasteiger partial charge in [0.2, 0.25) is 0 Å². The number of aryl methyl sites for hydroxylation is 1. The average molecular weight is 259 g/mol. The Morgan fingerprint density at radius 2 is 2.05 bits per heavy atom. The smallest absolute Gasteiger partial charge is 0.313 e. The van der Waals surface area contributed by atoms with Gasteiger partial charge in [-0.25, -0.2) is 0 Å². The molecule has 0 bridgehead atoms. The van der Waals surface area contributed by atoms with Crippen LogP contribution < -0.4 is 0 Å². The molecule has 0 saturated carbocycles. The van der Waals surface area contributed by atoms with Gasteiger partial charge in [-0.3, -0.25) is 9.59 Å². The number of hydrogen-bond acceptors (Lipinski definition) is 3. The molecule has 19 heavy (non-hydrogen) atoms. The summed E-state index contributed by atoms with van der Waals surface area (Å²) >= 11 is 0. The van der Waals surface area contributed by atoms with Gasteiger partial charge >= 0.3 is 5.97 Å². The number of Topliss-reactive ketones (excluding diaryl/α,β-unsaturated/α-hetero) is 1. The predicted octanol–water partition coefficient (Wildman–Crippen LogP) is 2.47. The number of rotatable bonds is 5. The third-order valence-corrected chi connectivity index (χ3v) is 2.92. The fourth-order valence-electron chi connectivity index (χ4n) is 2.05. The van der Waals surface area contributed by atoms with Gasteiger partial charge in [0, 0.05) is 11.7 Å². The van der Waals surface area contributed by atoms with Crippen LogP contribution in [0.2, 0.25) is 0 Å². The van der Waals surface area contributed by atoms with Gasteiger partial charge in [0.05, 0.1) is 13.2 Å². The first-order chi connectivity index (χ1) is 9.10. The Morgan fingerprint density at radius 1 is 1.26 bits per heavy atom. The molecule has 1 heterocycles. The summed E-state index contributed by atoms with van der Waals surface area (Å²) in [6.45, 7) is 4.24. The van der Waals surface area contributed by atoms with Gasteiger partial charge in [-0.05, 0) is 36.9 Å². The van der Waals surface area contributed by atoms with Gasteiger partial charge in [-0.15, -0.1) is 0 Å². The first-order valence-corrected chi connectivity index (χ1v) is 6.33. The molecule has 0 aliphatic carbocycles. The lowest BCUT2D eigenvalue weighted by atomic mass is 10.2. The van der Waals surface area contributed by atoms with Crippen molar-refractivity contribution in [2.45, 2.75) is 26.8 Å². The number of ether oxygens (including phenoxy) is 1. The maximum absolute atomic E-state index is 11.8. The Morgan fingerprint density at radius 3 is 2.79 bits per heavy atom. The first kappa shape index (κ1) is 13.3. The van der Waals surface area contributed by atoms with E-state index in [0.29, 0.717) is 6.61 Å². The monoisotopic (exact) mass is 259 g/mol. The molecule has 0 spiro atoms. The molecule has 100 valence electrons. The number of ketones is 1. The molecule has 0 atom stereocenters.